The molecular formula is C38H70BN7O8. The summed E-state index contributed by atoms with van der Waals surface area (Å²) in [6.07, 6.45) is 12.4. The lowest BCUT2D eigenvalue weighted by atomic mass is 9.43. The molecule has 54 heavy (non-hydrogen) atoms. The molecule has 1 heterocycles. The number of amides is 3. The summed E-state index contributed by atoms with van der Waals surface area (Å²) in [4.78, 5) is 49.4. The lowest BCUT2D eigenvalue weighted by Crippen LogP contribution is -2.65. The number of guanidine groups is 1. The number of hydrogen-bond acceptors (Lipinski definition) is 9. The van der Waals surface area contributed by atoms with Crippen molar-refractivity contribution in [3.05, 3.63) is 10.1 Å². The highest BCUT2D eigenvalue weighted by Crippen LogP contribution is 2.65. The molecule has 3 saturated carbocycles. The van der Waals surface area contributed by atoms with Crippen LogP contribution in [0.15, 0.2) is 0 Å². The molecule has 6 atom stereocenters. The average Bonchev–Trinajstić information content (AvgIpc) is 3.42. The standard InChI is InChI=1S/C38H70BN7O8/c1-26(2)23-31(39-53-30-25-27-24-29(37(27,6)7)38(30,8)54-39)44-33(48)28(19-18-22-41-34(40)45-46(50)51)43-32(47)20-16-14-12-10-9-11-13-15-17-21-42-35(49)52-36(3,4)5/h26-31H,9-25H2,1-8H3,(H,42,49)(H,43,47)(H,44,48)(H3,40,41,45)/t27-,28-,29-,30?,31-,38-/m0/s1. The van der Waals surface area contributed by atoms with Gasteiger partial charge < -0.3 is 35.3 Å². The van der Waals surface area contributed by atoms with Crippen LogP contribution in [0.2, 0.25) is 0 Å². The van der Waals surface area contributed by atoms with Gasteiger partial charge in [0.15, 0.2) is 5.03 Å². The summed E-state index contributed by atoms with van der Waals surface area (Å²) in [5, 5.41) is 29.0. The summed E-state index contributed by atoms with van der Waals surface area (Å²) in [7, 11) is -0.589. The van der Waals surface area contributed by atoms with Crippen LogP contribution < -0.4 is 26.7 Å². The minimum Gasteiger partial charge on any atom is -0.444 e. The monoisotopic (exact) mass is 764 g/mol. The van der Waals surface area contributed by atoms with Crippen LogP contribution in [0.25, 0.3) is 0 Å². The number of unbranched alkanes of at least 4 members (excludes halogenated alkanes) is 8. The molecule has 16 heteroatoms. The molecular weight excluding hydrogens is 693 g/mol. The molecule has 6 N–H and O–H groups in total. The summed E-state index contributed by atoms with van der Waals surface area (Å²) in [6, 6.07) is -0.822. The number of nitrogens with zero attached hydrogens (tertiary/aromatic N) is 1. The number of alkyl carbamates (subject to hydrolysis) is 1. The average molecular weight is 764 g/mol. The van der Waals surface area contributed by atoms with Crippen molar-refractivity contribution in [1.29, 1.82) is 5.41 Å². The zero-order valence-corrected chi connectivity index (χ0v) is 34.3. The molecule has 0 aromatic carbocycles. The Balaban J connectivity index is 1.44. The fourth-order valence-corrected chi connectivity index (χ4v) is 8.44. The van der Waals surface area contributed by atoms with Crippen molar-refractivity contribution in [1.82, 2.24) is 26.7 Å². The Kier molecular flexibility index (Phi) is 17.3. The van der Waals surface area contributed by atoms with Crippen LogP contribution in [0, 0.1) is 38.7 Å². The van der Waals surface area contributed by atoms with Crippen LogP contribution in [0.4, 0.5) is 4.79 Å². The first kappa shape index (κ1) is 45.3. The molecule has 0 spiro atoms. The minimum absolute atomic E-state index is 0.0182. The Morgan fingerprint density at radius 3 is 2.13 bits per heavy atom. The van der Waals surface area contributed by atoms with Crippen LogP contribution in [0.5, 0.6) is 0 Å². The van der Waals surface area contributed by atoms with Gasteiger partial charge in [-0.3, -0.25) is 15.0 Å². The Morgan fingerprint density at radius 1 is 0.926 bits per heavy atom. The first-order valence-corrected chi connectivity index (χ1v) is 20.4. The number of carbonyl (C=O) groups excluding carboxylic acids is 3. The van der Waals surface area contributed by atoms with Crippen molar-refractivity contribution in [2.75, 3.05) is 13.1 Å². The van der Waals surface area contributed by atoms with E-state index in [1.807, 2.05) is 20.8 Å². The van der Waals surface area contributed by atoms with Crippen LogP contribution in [0.3, 0.4) is 0 Å². The normalized spacial score (nSPS) is 23.7. The second-order valence-electron chi connectivity index (χ2n) is 17.9. The smallest absolute Gasteiger partial charge is 0.444 e. The SMILES string of the molecule is CC(C)C[C@H](NC(=O)[C@H](CCCNC(=N)N[N+](=O)[O-])NC(=O)CCCCCCCCCCCNC(=O)OC(C)(C)C)B1OC2C[C@@H]3C[C@@H](C3(C)C)[C@]2(C)O1. The van der Waals surface area contributed by atoms with Crippen molar-refractivity contribution in [2.24, 2.45) is 23.2 Å². The van der Waals surface area contributed by atoms with Crippen molar-refractivity contribution >= 4 is 31.0 Å². The molecule has 1 aliphatic heterocycles. The number of hydrazine groups is 1. The maximum atomic E-state index is 13.9. The minimum atomic E-state index is -0.822. The fourth-order valence-electron chi connectivity index (χ4n) is 8.44. The molecule has 0 aromatic heterocycles. The second kappa shape index (κ2) is 20.7. The summed E-state index contributed by atoms with van der Waals surface area (Å²) < 4.78 is 18.5. The van der Waals surface area contributed by atoms with Crippen molar-refractivity contribution in [3.63, 3.8) is 0 Å². The predicted molar refractivity (Wildman–Crippen MR) is 209 cm³/mol. The van der Waals surface area contributed by atoms with Crippen LogP contribution >= 0.6 is 0 Å². The summed E-state index contributed by atoms with van der Waals surface area (Å²) in [5.74, 6) is -0.0960. The molecule has 4 aliphatic rings. The molecule has 15 nitrogen and oxygen atoms in total. The summed E-state index contributed by atoms with van der Waals surface area (Å²) >= 11 is 0. The van der Waals surface area contributed by atoms with E-state index in [-0.39, 0.29) is 48.3 Å². The second-order valence-corrected chi connectivity index (χ2v) is 17.9. The van der Waals surface area contributed by atoms with Gasteiger partial charge in [-0.25, -0.2) is 14.9 Å². The quantitative estimate of drug-likeness (QED) is 0.0185. The highest BCUT2D eigenvalue weighted by atomic mass is 16.7. The van der Waals surface area contributed by atoms with E-state index in [0.717, 1.165) is 70.6 Å². The fraction of sp³-hybridized carbons (Fsp3) is 0.895. The van der Waals surface area contributed by atoms with Crippen LogP contribution in [-0.4, -0.2) is 78.4 Å². The van der Waals surface area contributed by atoms with E-state index in [1.54, 1.807) is 5.43 Å². The topological polar surface area (TPSA) is 206 Å². The third-order valence-corrected chi connectivity index (χ3v) is 11.4. The molecule has 0 radical (unpaired) electrons. The van der Waals surface area contributed by atoms with Gasteiger partial charge in [0.05, 0.1) is 17.6 Å². The summed E-state index contributed by atoms with van der Waals surface area (Å²) in [5.41, 5.74) is 1.05. The Bertz CT molecular complexity index is 1260. The zero-order valence-electron chi connectivity index (χ0n) is 34.3. The van der Waals surface area contributed by atoms with Gasteiger partial charge in [-0.15, -0.1) is 0 Å². The van der Waals surface area contributed by atoms with Crippen LogP contribution in [-0.2, 0) is 23.6 Å². The first-order chi connectivity index (χ1) is 25.3. The van der Waals surface area contributed by atoms with Gasteiger partial charge in [-0.1, -0.05) is 78.1 Å². The van der Waals surface area contributed by atoms with Crippen LogP contribution in [0.1, 0.15) is 152 Å². The number of rotatable bonds is 23. The van der Waals surface area contributed by atoms with E-state index in [1.165, 1.54) is 0 Å². The first-order valence-electron chi connectivity index (χ1n) is 20.4. The van der Waals surface area contributed by atoms with E-state index in [0.29, 0.717) is 37.6 Å². The Labute approximate surface area is 323 Å². The third kappa shape index (κ3) is 14.2. The van der Waals surface area contributed by atoms with Gasteiger partial charge in [0.2, 0.25) is 11.8 Å². The van der Waals surface area contributed by atoms with Crippen molar-refractivity contribution in [3.8, 4) is 0 Å². The number of carbonyl (C=O) groups is 3. The highest BCUT2D eigenvalue weighted by molar-refractivity contribution is 6.48. The third-order valence-electron chi connectivity index (χ3n) is 11.4. The highest BCUT2D eigenvalue weighted by Gasteiger charge is 2.68. The number of nitro groups is 1. The zero-order chi connectivity index (χ0) is 40.1. The largest absolute Gasteiger partial charge is 0.481 e. The van der Waals surface area contributed by atoms with Gasteiger partial charge in [-0.05, 0) is 95.8 Å². The van der Waals surface area contributed by atoms with Crippen molar-refractivity contribution < 1.29 is 33.5 Å². The number of ether oxygens (including phenoxy) is 1. The molecule has 2 bridgehead atoms. The molecule has 4 rings (SSSR count). The maximum Gasteiger partial charge on any atom is 0.481 e. The van der Waals surface area contributed by atoms with Gasteiger partial charge >= 0.3 is 13.2 Å². The molecule has 3 aliphatic carbocycles. The van der Waals surface area contributed by atoms with Gasteiger partial charge in [0.25, 0.3) is 5.96 Å². The predicted octanol–water partition coefficient (Wildman–Crippen LogP) is 5.78. The molecule has 1 unspecified atom stereocenters. The molecule has 4 fully saturated rings. The molecule has 1 saturated heterocycles. The summed E-state index contributed by atoms with van der Waals surface area (Å²) in [6.45, 7) is 17.3. The lowest BCUT2D eigenvalue weighted by Gasteiger charge is -2.64. The maximum absolute atomic E-state index is 13.9. The Morgan fingerprint density at radius 2 is 1.54 bits per heavy atom. The van der Waals surface area contributed by atoms with E-state index in [2.05, 4.69) is 55.9 Å². The van der Waals surface area contributed by atoms with Gasteiger partial charge in [0, 0.05) is 19.5 Å². The van der Waals surface area contributed by atoms with Gasteiger partial charge in [-0.2, -0.15) is 0 Å². The molecule has 0 aromatic rings. The number of nitrogens with one attached hydrogen (secondary N) is 6. The number of hydrogen-bond donors (Lipinski definition) is 6. The van der Waals surface area contributed by atoms with E-state index in [4.69, 9.17) is 19.5 Å². The lowest BCUT2D eigenvalue weighted by molar-refractivity contribution is -0.525. The van der Waals surface area contributed by atoms with E-state index >= 15 is 0 Å². The molecule has 308 valence electrons. The van der Waals surface area contributed by atoms with E-state index in [9.17, 15) is 24.5 Å². The molecule has 3 amide bonds. The van der Waals surface area contributed by atoms with Gasteiger partial charge in [0.1, 0.15) is 11.6 Å². The van der Waals surface area contributed by atoms with Crippen molar-refractivity contribution in [2.45, 2.75) is 181 Å². The van der Waals surface area contributed by atoms with E-state index < -0.39 is 41.3 Å². The Hall–Kier alpha value is -3.14.